The van der Waals surface area contributed by atoms with Gasteiger partial charge in [-0.2, -0.15) is 0 Å². The number of benzene rings is 1. The third-order valence-electron chi connectivity index (χ3n) is 2.71. The zero-order valence-electron chi connectivity index (χ0n) is 11.1. The highest BCUT2D eigenvalue weighted by Crippen LogP contribution is 2.23. The Balaban J connectivity index is 0.00000162. The lowest BCUT2D eigenvalue weighted by molar-refractivity contribution is 0.0372. The fourth-order valence-corrected chi connectivity index (χ4v) is 1.87. The van der Waals surface area contributed by atoms with Gasteiger partial charge in [0.1, 0.15) is 5.75 Å². The molecule has 1 fully saturated rings. The maximum atomic E-state index is 5.63. The minimum Gasteiger partial charge on any atom is -0.492 e. The van der Waals surface area contributed by atoms with Crippen molar-refractivity contribution >= 4 is 30.5 Å². The minimum absolute atomic E-state index is 0. The SMILES string of the molecule is CCOc1ccccc1NC[C@@H]1CNCCO1.Cl.Cl. The van der Waals surface area contributed by atoms with Crippen LogP contribution in [0.3, 0.4) is 0 Å². The van der Waals surface area contributed by atoms with E-state index in [1.165, 1.54) is 0 Å². The minimum atomic E-state index is 0. The predicted molar refractivity (Wildman–Crippen MR) is 83.2 cm³/mol. The highest BCUT2D eigenvalue weighted by molar-refractivity contribution is 5.85. The second kappa shape index (κ2) is 10.1. The average Bonchev–Trinajstić information content (AvgIpc) is 2.39. The van der Waals surface area contributed by atoms with Crippen LogP contribution in [0.4, 0.5) is 5.69 Å². The van der Waals surface area contributed by atoms with E-state index >= 15 is 0 Å². The van der Waals surface area contributed by atoms with E-state index in [2.05, 4.69) is 10.6 Å². The van der Waals surface area contributed by atoms with Crippen LogP contribution in [0.15, 0.2) is 24.3 Å². The molecular formula is C13H22Cl2N2O2. The smallest absolute Gasteiger partial charge is 0.142 e. The summed E-state index contributed by atoms with van der Waals surface area (Å²) in [7, 11) is 0. The molecule has 1 aliphatic rings. The van der Waals surface area contributed by atoms with Crippen molar-refractivity contribution in [2.45, 2.75) is 13.0 Å². The summed E-state index contributed by atoms with van der Waals surface area (Å²) in [5, 5.41) is 6.69. The third-order valence-corrected chi connectivity index (χ3v) is 2.71. The number of morpholine rings is 1. The standard InChI is InChI=1S/C13H20N2O2.2ClH/c1-2-16-13-6-4-3-5-12(13)15-10-11-9-14-7-8-17-11;;/h3-6,11,14-15H,2,7-10H2,1H3;2*1H/t11-;;/m0../s1. The van der Waals surface area contributed by atoms with E-state index in [1.807, 2.05) is 31.2 Å². The fourth-order valence-electron chi connectivity index (χ4n) is 1.87. The molecule has 1 aliphatic heterocycles. The monoisotopic (exact) mass is 308 g/mol. The summed E-state index contributed by atoms with van der Waals surface area (Å²) < 4.78 is 11.2. The normalized spacial score (nSPS) is 17.8. The number of ether oxygens (including phenoxy) is 2. The molecule has 2 rings (SSSR count). The summed E-state index contributed by atoms with van der Waals surface area (Å²) in [6.45, 7) is 6.12. The van der Waals surface area contributed by atoms with E-state index in [0.29, 0.717) is 6.61 Å². The lowest BCUT2D eigenvalue weighted by atomic mass is 10.2. The van der Waals surface area contributed by atoms with Gasteiger partial charge in [0, 0.05) is 19.6 Å². The van der Waals surface area contributed by atoms with Gasteiger partial charge in [0.2, 0.25) is 0 Å². The van der Waals surface area contributed by atoms with Gasteiger partial charge in [0.25, 0.3) is 0 Å². The first-order valence-electron chi connectivity index (χ1n) is 6.18. The molecule has 0 amide bonds. The van der Waals surface area contributed by atoms with Crippen LogP contribution in [0.25, 0.3) is 0 Å². The molecule has 110 valence electrons. The van der Waals surface area contributed by atoms with Crippen LogP contribution in [-0.4, -0.2) is 39.0 Å². The Bertz CT molecular complexity index is 347. The maximum absolute atomic E-state index is 5.63. The van der Waals surface area contributed by atoms with E-state index in [1.54, 1.807) is 0 Å². The van der Waals surface area contributed by atoms with Gasteiger partial charge >= 0.3 is 0 Å². The second-order valence-electron chi connectivity index (χ2n) is 4.01. The molecule has 19 heavy (non-hydrogen) atoms. The molecule has 1 aromatic rings. The molecule has 4 nitrogen and oxygen atoms in total. The lowest BCUT2D eigenvalue weighted by Gasteiger charge is -2.24. The predicted octanol–water partition coefficient (Wildman–Crippen LogP) is 2.33. The van der Waals surface area contributed by atoms with Gasteiger partial charge < -0.3 is 20.1 Å². The molecule has 1 saturated heterocycles. The molecule has 1 aromatic carbocycles. The van der Waals surface area contributed by atoms with Crippen LogP contribution in [0.5, 0.6) is 5.75 Å². The molecule has 0 aromatic heterocycles. The Hall–Kier alpha value is -0.680. The summed E-state index contributed by atoms with van der Waals surface area (Å²) in [5.74, 6) is 0.902. The average molecular weight is 309 g/mol. The Morgan fingerprint density at radius 1 is 1.37 bits per heavy atom. The lowest BCUT2D eigenvalue weighted by Crippen LogP contribution is -2.42. The zero-order valence-corrected chi connectivity index (χ0v) is 12.7. The number of hydrogen-bond donors (Lipinski definition) is 2. The molecule has 2 N–H and O–H groups in total. The van der Waals surface area contributed by atoms with Crippen LogP contribution in [-0.2, 0) is 4.74 Å². The first kappa shape index (κ1) is 18.3. The van der Waals surface area contributed by atoms with Crippen LogP contribution < -0.4 is 15.4 Å². The van der Waals surface area contributed by atoms with Gasteiger partial charge in [0.15, 0.2) is 0 Å². The molecule has 0 radical (unpaired) electrons. The summed E-state index contributed by atoms with van der Waals surface area (Å²) >= 11 is 0. The number of anilines is 1. The molecule has 1 heterocycles. The zero-order chi connectivity index (χ0) is 11.9. The summed E-state index contributed by atoms with van der Waals surface area (Å²) in [6.07, 6.45) is 0.235. The highest BCUT2D eigenvalue weighted by Gasteiger charge is 2.13. The Kier molecular flexibility index (Phi) is 9.79. The Labute approximate surface area is 127 Å². The molecule has 0 bridgehead atoms. The van der Waals surface area contributed by atoms with Crippen molar-refractivity contribution in [2.75, 3.05) is 38.2 Å². The summed E-state index contributed by atoms with van der Waals surface area (Å²) in [6, 6.07) is 7.99. The van der Waals surface area contributed by atoms with Crippen LogP contribution in [0.1, 0.15) is 6.92 Å². The molecule has 0 aliphatic carbocycles. The Morgan fingerprint density at radius 2 is 2.16 bits per heavy atom. The van der Waals surface area contributed by atoms with Crippen LogP contribution in [0.2, 0.25) is 0 Å². The second-order valence-corrected chi connectivity index (χ2v) is 4.01. The van der Waals surface area contributed by atoms with Gasteiger partial charge in [-0.1, -0.05) is 12.1 Å². The topological polar surface area (TPSA) is 42.5 Å². The molecular weight excluding hydrogens is 287 g/mol. The quantitative estimate of drug-likeness (QED) is 0.876. The van der Waals surface area contributed by atoms with Crippen molar-refractivity contribution in [1.29, 1.82) is 0 Å². The first-order valence-corrected chi connectivity index (χ1v) is 6.18. The first-order chi connectivity index (χ1) is 8.40. The van der Waals surface area contributed by atoms with Crippen molar-refractivity contribution in [3.8, 4) is 5.75 Å². The molecule has 6 heteroatoms. The number of rotatable bonds is 5. The van der Waals surface area contributed by atoms with Crippen molar-refractivity contribution < 1.29 is 9.47 Å². The van der Waals surface area contributed by atoms with Gasteiger partial charge in [-0.05, 0) is 19.1 Å². The van der Waals surface area contributed by atoms with Crippen LogP contribution >= 0.6 is 24.8 Å². The number of nitrogens with one attached hydrogen (secondary N) is 2. The largest absolute Gasteiger partial charge is 0.492 e. The molecule has 1 atom stereocenters. The molecule has 0 saturated carbocycles. The maximum Gasteiger partial charge on any atom is 0.142 e. The summed E-state index contributed by atoms with van der Waals surface area (Å²) in [4.78, 5) is 0. The number of para-hydroxylation sites is 2. The van der Waals surface area contributed by atoms with Gasteiger partial charge in [0.05, 0.1) is 25.0 Å². The van der Waals surface area contributed by atoms with Gasteiger partial charge in [-0.25, -0.2) is 0 Å². The van der Waals surface area contributed by atoms with Crippen molar-refractivity contribution in [3.63, 3.8) is 0 Å². The molecule has 0 unspecified atom stereocenters. The summed E-state index contributed by atoms with van der Waals surface area (Å²) in [5.41, 5.74) is 1.03. The number of hydrogen-bond acceptors (Lipinski definition) is 4. The van der Waals surface area contributed by atoms with Crippen LogP contribution in [0, 0.1) is 0 Å². The highest BCUT2D eigenvalue weighted by atomic mass is 35.5. The molecule has 0 spiro atoms. The van der Waals surface area contributed by atoms with Gasteiger partial charge in [-0.3, -0.25) is 0 Å². The van der Waals surface area contributed by atoms with E-state index in [4.69, 9.17) is 9.47 Å². The van der Waals surface area contributed by atoms with E-state index < -0.39 is 0 Å². The number of halogens is 2. The van der Waals surface area contributed by atoms with E-state index in [0.717, 1.165) is 37.7 Å². The van der Waals surface area contributed by atoms with Gasteiger partial charge in [-0.15, -0.1) is 24.8 Å². The fraction of sp³-hybridized carbons (Fsp3) is 0.538. The van der Waals surface area contributed by atoms with Crippen molar-refractivity contribution in [3.05, 3.63) is 24.3 Å². The van der Waals surface area contributed by atoms with Crippen molar-refractivity contribution in [1.82, 2.24) is 5.32 Å². The van der Waals surface area contributed by atoms with E-state index in [9.17, 15) is 0 Å². The third kappa shape index (κ3) is 5.87. The Morgan fingerprint density at radius 3 is 2.84 bits per heavy atom. The van der Waals surface area contributed by atoms with E-state index in [-0.39, 0.29) is 30.9 Å². The van der Waals surface area contributed by atoms with Crippen molar-refractivity contribution in [2.24, 2.45) is 0 Å².